The molecule has 1 aliphatic rings. The van der Waals surface area contributed by atoms with Crippen molar-refractivity contribution < 1.29 is 12.8 Å². The molecule has 0 radical (unpaired) electrons. The summed E-state index contributed by atoms with van der Waals surface area (Å²) in [7, 11) is -3.84. The van der Waals surface area contributed by atoms with Gasteiger partial charge in [-0.3, -0.25) is 0 Å². The van der Waals surface area contributed by atoms with Gasteiger partial charge in [0.25, 0.3) is 0 Å². The Hall–Kier alpha value is -0.660. The minimum absolute atomic E-state index is 0.0979. The molecule has 0 atom stereocenters. The van der Waals surface area contributed by atoms with Crippen molar-refractivity contribution in [3.63, 3.8) is 0 Å². The smallest absolute Gasteiger partial charge is 0.243 e. The molecule has 3 N–H and O–H groups in total. The molecule has 0 spiro atoms. The van der Waals surface area contributed by atoms with Gasteiger partial charge >= 0.3 is 0 Å². The average Bonchev–Trinajstić information content (AvgIpc) is 2.75. The summed E-state index contributed by atoms with van der Waals surface area (Å²) < 4.78 is 40.7. The topological polar surface area (TPSA) is 72.2 Å². The lowest BCUT2D eigenvalue weighted by molar-refractivity contribution is 0.536. The van der Waals surface area contributed by atoms with E-state index < -0.39 is 20.7 Å². The Bertz CT molecular complexity index is 556. The number of nitrogen functional groups attached to an aromatic ring is 1. The molecule has 0 saturated heterocycles. The second kappa shape index (κ2) is 5.14. The Morgan fingerprint density at radius 1 is 1.33 bits per heavy atom. The van der Waals surface area contributed by atoms with Crippen molar-refractivity contribution >= 4 is 31.6 Å². The zero-order valence-corrected chi connectivity index (χ0v) is 12.0. The molecule has 1 aliphatic carbocycles. The summed E-state index contributed by atoms with van der Waals surface area (Å²) in [6.07, 6.45) is 3.59. The Balaban J connectivity index is 2.31. The van der Waals surface area contributed by atoms with E-state index in [-0.39, 0.29) is 11.7 Å². The second-order valence-corrected chi connectivity index (χ2v) is 6.94. The lowest BCUT2D eigenvalue weighted by Gasteiger charge is -2.13. The van der Waals surface area contributed by atoms with Crippen LogP contribution in [0, 0.1) is 5.82 Å². The van der Waals surface area contributed by atoms with Gasteiger partial charge < -0.3 is 5.73 Å². The first-order valence-corrected chi connectivity index (χ1v) is 7.94. The Morgan fingerprint density at radius 3 is 2.56 bits per heavy atom. The molecule has 0 amide bonds. The van der Waals surface area contributed by atoms with Gasteiger partial charge in [-0.05, 0) is 40.9 Å². The summed E-state index contributed by atoms with van der Waals surface area (Å²) >= 11 is 3.05. The number of sulfonamides is 1. The summed E-state index contributed by atoms with van der Waals surface area (Å²) in [6.45, 7) is 0. The number of nitrogens with one attached hydrogen (secondary N) is 1. The zero-order chi connectivity index (χ0) is 13.3. The summed E-state index contributed by atoms with van der Waals surface area (Å²) in [5, 5.41) is 0. The predicted molar refractivity (Wildman–Crippen MR) is 71.1 cm³/mol. The molecule has 0 aliphatic heterocycles. The van der Waals surface area contributed by atoms with Crippen LogP contribution in [-0.2, 0) is 10.0 Å². The number of halogens is 2. The SMILES string of the molecule is Nc1cc(S(=O)(=O)NC2CCCC2)c(F)cc1Br. The van der Waals surface area contributed by atoms with Crippen LogP contribution in [0.15, 0.2) is 21.5 Å². The molecular weight excluding hydrogens is 323 g/mol. The monoisotopic (exact) mass is 336 g/mol. The van der Waals surface area contributed by atoms with Gasteiger partial charge in [-0.25, -0.2) is 17.5 Å². The van der Waals surface area contributed by atoms with Crippen molar-refractivity contribution in [2.24, 2.45) is 0 Å². The van der Waals surface area contributed by atoms with Crippen LogP contribution in [0.1, 0.15) is 25.7 Å². The quantitative estimate of drug-likeness (QED) is 0.832. The fourth-order valence-corrected chi connectivity index (χ4v) is 3.79. The molecule has 1 aromatic carbocycles. The number of hydrogen-bond acceptors (Lipinski definition) is 3. The van der Waals surface area contributed by atoms with Crippen LogP contribution in [0.25, 0.3) is 0 Å². The molecule has 2 rings (SSSR count). The van der Waals surface area contributed by atoms with E-state index >= 15 is 0 Å². The summed E-state index contributed by atoms with van der Waals surface area (Å²) in [4.78, 5) is -0.393. The number of rotatable bonds is 3. The van der Waals surface area contributed by atoms with E-state index in [1.165, 1.54) is 0 Å². The first-order chi connectivity index (χ1) is 8.40. The summed E-state index contributed by atoms with van der Waals surface area (Å²) in [5.74, 6) is -0.804. The van der Waals surface area contributed by atoms with Crippen LogP contribution >= 0.6 is 15.9 Å². The third-order valence-corrected chi connectivity index (χ3v) is 5.24. The van der Waals surface area contributed by atoms with E-state index in [1.807, 2.05) is 0 Å². The lowest BCUT2D eigenvalue weighted by atomic mass is 10.3. The molecular formula is C11H14BrFN2O2S. The molecule has 0 bridgehead atoms. The highest BCUT2D eigenvalue weighted by atomic mass is 79.9. The van der Waals surface area contributed by atoms with E-state index in [9.17, 15) is 12.8 Å². The zero-order valence-electron chi connectivity index (χ0n) is 9.62. The highest BCUT2D eigenvalue weighted by molar-refractivity contribution is 9.10. The van der Waals surface area contributed by atoms with Gasteiger partial charge in [0, 0.05) is 16.2 Å². The highest BCUT2D eigenvalue weighted by Gasteiger charge is 2.26. The van der Waals surface area contributed by atoms with Crippen molar-refractivity contribution in [1.82, 2.24) is 4.72 Å². The standard InChI is InChI=1S/C11H14BrFN2O2S/c12-8-5-9(13)11(6-10(8)14)18(16,17)15-7-3-1-2-4-7/h5-7,15H,1-4,14H2. The maximum atomic E-state index is 13.7. The van der Waals surface area contributed by atoms with Crippen molar-refractivity contribution in [3.8, 4) is 0 Å². The van der Waals surface area contributed by atoms with Crippen LogP contribution in [0.2, 0.25) is 0 Å². The molecule has 4 nitrogen and oxygen atoms in total. The van der Waals surface area contributed by atoms with Gasteiger partial charge in [0.05, 0.1) is 0 Å². The largest absolute Gasteiger partial charge is 0.398 e. The van der Waals surface area contributed by atoms with Gasteiger partial charge in [-0.2, -0.15) is 0 Å². The van der Waals surface area contributed by atoms with Crippen LogP contribution in [-0.4, -0.2) is 14.5 Å². The Morgan fingerprint density at radius 2 is 1.94 bits per heavy atom. The number of nitrogens with two attached hydrogens (primary N) is 1. The minimum atomic E-state index is -3.84. The molecule has 1 aromatic rings. The first-order valence-electron chi connectivity index (χ1n) is 5.67. The average molecular weight is 337 g/mol. The fourth-order valence-electron chi connectivity index (χ4n) is 2.08. The third kappa shape index (κ3) is 2.84. The second-order valence-electron chi connectivity index (χ2n) is 4.41. The molecule has 18 heavy (non-hydrogen) atoms. The fraction of sp³-hybridized carbons (Fsp3) is 0.455. The van der Waals surface area contributed by atoms with Crippen LogP contribution in [0.4, 0.5) is 10.1 Å². The minimum Gasteiger partial charge on any atom is -0.398 e. The summed E-state index contributed by atoms with van der Waals surface area (Å²) in [5.41, 5.74) is 5.79. The number of hydrogen-bond donors (Lipinski definition) is 2. The molecule has 7 heteroatoms. The van der Waals surface area contributed by atoms with E-state index in [2.05, 4.69) is 20.7 Å². The van der Waals surface area contributed by atoms with Crippen LogP contribution in [0.3, 0.4) is 0 Å². The van der Waals surface area contributed by atoms with Gasteiger partial charge in [-0.15, -0.1) is 0 Å². The van der Waals surface area contributed by atoms with E-state index in [0.29, 0.717) is 4.47 Å². The van der Waals surface area contributed by atoms with Gasteiger partial charge in [-0.1, -0.05) is 12.8 Å². The van der Waals surface area contributed by atoms with Crippen molar-refractivity contribution in [3.05, 3.63) is 22.4 Å². The highest BCUT2D eigenvalue weighted by Crippen LogP contribution is 2.27. The molecule has 0 unspecified atom stereocenters. The van der Waals surface area contributed by atoms with Gasteiger partial charge in [0.15, 0.2) is 0 Å². The normalized spacial score (nSPS) is 17.2. The lowest BCUT2D eigenvalue weighted by Crippen LogP contribution is -2.33. The maximum absolute atomic E-state index is 13.7. The third-order valence-electron chi connectivity index (χ3n) is 3.02. The van der Waals surface area contributed by atoms with Gasteiger partial charge in [0.1, 0.15) is 10.7 Å². The van der Waals surface area contributed by atoms with Crippen molar-refractivity contribution in [1.29, 1.82) is 0 Å². The van der Waals surface area contributed by atoms with E-state index in [1.54, 1.807) is 0 Å². The van der Waals surface area contributed by atoms with E-state index in [0.717, 1.165) is 37.8 Å². The van der Waals surface area contributed by atoms with Crippen LogP contribution in [0.5, 0.6) is 0 Å². The number of anilines is 1. The van der Waals surface area contributed by atoms with Crippen LogP contribution < -0.4 is 10.5 Å². The summed E-state index contributed by atoms with van der Waals surface area (Å²) in [6, 6.07) is 2.11. The maximum Gasteiger partial charge on any atom is 0.243 e. The molecule has 1 saturated carbocycles. The molecule has 0 heterocycles. The molecule has 100 valence electrons. The Labute approximate surface area is 114 Å². The molecule has 0 aromatic heterocycles. The van der Waals surface area contributed by atoms with E-state index in [4.69, 9.17) is 5.73 Å². The number of benzene rings is 1. The predicted octanol–water partition coefficient (Wildman–Crippen LogP) is 2.39. The first kappa shape index (κ1) is 13.8. The van der Waals surface area contributed by atoms with Gasteiger partial charge in [0.2, 0.25) is 10.0 Å². The molecule has 1 fully saturated rings. The van der Waals surface area contributed by atoms with Crippen molar-refractivity contribution in [2.45, 2.75) is 36.6 Å². The van der Waals surface area contributed by atoms with Crippen molar-refractivity contribution in [2.75, 3.05) is 5.73 Å². The Kier molecular flexibility index (Phi) is 3.93.